The van der Waals surface area contributed by atoms with Gasteiger partial charge < -0.3 is 19.9 Å². The molecule has 0 saturated heterocycles. The molecule has 0 bridgehead atoms. The van der Waals surface area contributed by atoms with E-state index in [0.29, 0.717) is 18.1 Å². The first-order chi connectivity index (χ1) is 11.9. The summed E-state index contributed by atoms with van der Waals surface area (Å²) in [5, 5.41) is 9.56. The number of benzene rings is 1. The number of hydrogen-bond acceptors (Lipinski definition) is 6. The number of rotatable bonds is 5. The molecule has 0 radical (unpaired) electrons. The van der Waals surface area contributed by atoms with Crippen LogP contribution < -0.4 is 10.5 Å². The molecule has 6 heteroatoms. The SMILES string of the molecule is CCOC(=O)C1=C(C)OC(N)=C(C#N)C1c1ccc(C)c(OCC)c1. The Labute approximate surface area is 147 Å². The lowest BCUT2D eigenvalue weighted by molar-refractivity contribution is -0.139. The summed E-state index contributed by atoms with van der Waals surface area (Å²) in [5.74, 6) is -0.153. The van der Waals surface area contributed by atoms with Gasteiger partial charge in [0.05, 0.1) is 24.7 Å². The molecule has 1 atom stereocenters. The number of nitrogens with two attached hydrogens (primary N) is 1. The molecule has 1 aromatic carbocycles. The molecule has 0 fully saturated rings. The zero-order valence-corrected chi connectivity index (χ0v) is 14.9. The Bertz CT molecular complexity index is 787. The zero-order chi connectivity index (χ0) is 18.6. The van der Waals surface area contributed by atoms with Crippen LogP contribution in [-0.2, 0) is 14.3 Å². The number of nitrogens with zero attached hydrogens (tertiary/aromatic N) is 1. The molecule has 1 heterocycles. The number of aryl methyl sites for hydroxylation is 1. The molecular weight excluding hydrogens is 320 g/mol. The van der Waals surface area contributed by atoms with Crippen LogP contribution in [0.3, 0.4) is 0 Å². The van der Waals surface area contributed by atoms with Crippen LogP contribution in [0.25, 0.3) is 0 Å². The number of allylic oxidation sites excluding steroid dienone is 2. The summed E-state index contributed by atoms with van der Waals surface area (Å²) in [7, 11) is 0. The number of carbonyl (C=O) groups is 1. The average molecular weight is 342 g/mol. The Balaban J connectivity index is 2.62. The van der Waals surface area contributed by atoms with Gasteiger partial charge in [0.2, 0.25) is 5.88 Å². The first kappa shape index (κ1) is 18.4. The molecule has 0 aromatic heterocycles. The van der Waals surface area contributed by atoms with Gasteiger partial charge in [-0.3, -0.25) is 0 Å². The molecule has 132 valence electrons. The highest BCUT2D eigenvalue weighted by atomic mass is 16.5. The maximum Gasteiger partial charge on any atom is 0.338 e. The van der Waals surface area contributed by atoms with E-state index < -0.39 is 11.9 Å². The standard InChI is InChI=1S/C19H22N2O4/c1-5-23-15-9-13(8-7-11(15)3)17-14(10-20)18(21)25-12(4)16(17)19(22)24-6-2/h7-9,17H,5-6,21H2,1-4H3. The second kappa shape index (κ2) is 7.75. The van der Waals surface area contributed by atoms with Crippen molar-refractivity contribution in [3.8, 4) is 11.8 Å². The van der Waals surface area contributed by atoms with Crippen LogP contribution in [0.5, 0.6) is 5.75 Å². The molecule has 0 saturated carbocycles. The molecule has 1 aromatic rings. The highest BCUT2D eigenvalue weighted by Gasteiger charge is 2.36. The van der Waals surface area contributed by atoms with Gasteiger partial charge in [-0.15, -0.1) is 0 Å². The average Bonchev–Trinajstić information content (AvgIpc) is 2.56. The van der Waals surface area contributed by atoms with Crippen molar-refractivity contribution >= 4 is 5.97 Å². The minimum absolute atomic E-state index is 0.00316. The van der Waals surface area contributed by atoms with Crippen molar-refractivity contribution in [3.63, 3.8) is 0 Å². The second-order valence-electron chi connectivity index (χ2n) is 5.57. The van der Waals surface area contributed by atoms with E-state index in [9.17, 15) is 10.1 Å². The zero-order valence-electron chi connectivity index (χ0n) is 14.9. The first-order valence-corrected chi connectivity index (χ1v) is 8.13. The maximum absolute atomic E-state index is 12.5. The quantitative estimate of drug-likeness (QED) is 0.827. The fraction of sp³-hybridized carbons (Fsp3) is 0.368. The van der Waals surface area contributed by atoms with Gasteiger partial charge in [-0.2, -0.15) is 5.26 Å². The summed E-state index contributed by atoms with van der Waals surface area (Å²) in [4.78, 5) is 12.5. The third kappa shape index (κ3) is 3.61. The first-order valence-electron chi connectivity index (χ1n) is 8.13. The summed E-state index contributed by atoms with van der Waals surface area (Å²) in [6.45, 7) is 7.93. The van der Waals surface area contributed by atoms with E-state index in [0.717, 1.165) is 11.1 Å². The van der Waals surface area contributed by atoms with E-state index in [1.54, 1.807) is 13.8 Å². The van der Waals surface area contributed by atoms with Crippen LogP contribution in [0.1, 0.15) is 37.8 Å². The van der Waals surface area contributed by atoms with Gasteiger partial charge in [-0.1, -0.05) is 12.1 Å². The van der Waals surface area contributed by atoms with Crippen molar-refractivity contribution in [2.75, 3.05) is 13.2 Å². The number of carbonyl (C=O) groups excluding carboxylic acids is 1. The number of hydrogen-bond donors (Lipinski definition) is 1. The fourth-order valence-electron chi connectivity index (χ4n) is 2.80. The summed E-state index contributed by atoms with van der Waals surface area (Å²) in [6, 6.07) is 7.63. The van der Waals surface area contributed by atoms with Crippen molar-refractivity contribution in [1.82, 2.24) is 0 Å². The lowest BCUT2D eigenvalue weighted by atomic mass is 9.82. The molecule has 25 heavy (non-hydrogen) atoms. The Morgan fingerprint density at radius 3 is 2.64 bits per heavy atom. The van der Waals surface area contributed by atoms with E-state index >= 15 is 0 Å². The second-order valence-corrected chi connectivity index (χ2v) is 5.57. The van der Waals surface area contributed by atoms with E-state index in [1.807, 2.05) is 32.0 Å². The van der Waals surface area contributed by atoms with Crippen molar-refractivity contribution in [1.29, 1.82) is 5.26 Å². The lowest BCUT2D eigenvalue weighted by Gasteiger charge is -2.27. The third-order valence-corrected chi connectivity index (χ3v) is 3.95. The van der Waals surface area contributed by atoms with Crippen LogP contribution >= 0.6 is 0 Å². The molecule has 1 aliphatic rings. The van der Waals surface area contributed by atoms with Crippen molar-refractivity contribution in [2.24, 2.45) is 5.73 Å². The van der Waals surface area contributed by atoms with Crippen LogP contribution in [-0.4, -0.2) is 19.2 Å². The number of esters is 1. The van der Waals surface area contributed by atoms with Gasteiger partial charge in [0.25, 0.3) is 0 Å². The molecule has 2 rings (SSSR count). The minimum atomic E-state index is -0.655. The van der Waals surface area contributed by atoms with E-state index in [-0.39, 0.29) is 23.6 Å². The molecule has 2 N–H and O–H groups in total. The van der Waals surface area contributed by atoms with E-state index in [1.165, 1.54) is 0 Å². The molecule has 0 amide bonds. The van der Waals surface area contributed by atoms with Crippen LogP contribution in [0.15, 0.2) is 41.0 Å². The highest BCUT2D eigenvalue weighted by Crippen LogP contribution is 2.40. The van der Waals surface area contributed by atoms with E-state index in [2.05, 4.69) is 6.07 Å². The highest BCUT2D eigenvalue weighted by molar-refractivity contribution is 5.92. The topological polar surface area (TPSA) is 94.6 Å². The van der Waals surface area contributed by atoms with Gasteiger partial charge >= 0.3 is 5.97 Å². The van der Waals surface area contributed by atoms with Crippen molar-refractivity contribution < 1.29 is 19.0 Å². The Hall–Kier alpha value is -2.94. The largest absolute Gasteiger partial charge is 0.494 e. The normalized spacial score (nSPS) is 17.0. The Morgan fingerprint density at radius 1 is 1.32 bits per heavy atom. The van der Waals surface area contributed by atoms with Gasteiger partial charge in [-0.05, 0) is 44.9 Å². The molecule has 0 aliphatic carbocycles. The van der Waals surface area contributed by atoms with Crippen LogP contribution in [0.4, 0.5) is 0 Å². The maximum atomic E-state index is 12.5. The van der Waals surface area contributed by atoms with Gasteiger partial charge in [0, 0.05) is 0 Å². The number of ether oxygens (including phenoxy) is 3. The van der Waals surface area contributed by atoms with E-state index in [4.69, 9.17) is 19.9 Å². The van der Waals surface area contributed by atoms with Crippen molar-refractivity contribution in [2.45, 2.75) is 33.6 Å². The summed E-state index contributed by atoms with van der Waals surface area (Å²) >= 11 is 0. The molecule has 0 spiro atoms. The van der Waals surface area contributed by atoms with Gasteiger partial charge in [0.15, 0.2) is 0 Å². The van der Waals surface area contributed by atoms with Gasteiger partial charge in [-0.25, -0.2) is 4.79 Å². The molecule has 1 unspecified atom stereocenters. The Morgan fingerprint density at radius 2 is 2.04 bits per heavy atom. The van der Waals surface area contributed by atoms with Crippen LogP contribution in [0.2, 0.25) is 0 Å². The van der Waals surface area contributed by atoms with Crippen LogP contribution in [0, 0.1) is 18.3 Å². The number of nitriles is 1. The molecule has 6 nitrogen and oxygen atoms in total. The van der Waals surface area contributed by atoms with Crippen molar-refractivity contribution in [3.05, 3.63) is 52.1 Å². The third-order valence-electron chi connectivity index (χ3n) is 3.95. The molecular formula is C19H22N2O4. The fourth-order valence-corrected chi connectivity index (χ4v) is 2.80. The summed E-state index contributed by atoms with van der Waals surface area (Å²) in [5.41, 5.74) is 8.03. The Kier molecular flexibility index (Phi) is 5.71. The molecule has 1 aliphatic heterocycles. The lowest BCUT2D eigenvalue weighted by Crippen LogP contribution is -2.25. The summed E-state index contributed by atoms with van der Waals surface area (Å²) in [6.07, 6.45) is 0. The smallest absolute Gasteiger partial charge is 0.338 e. The predicted octanol–water partition coefficient (Wildman–Crippen LogP) is 3.04. The summed E-state index contributed by atoms with van der Waals surface area (Å²) < 4.78 is 16.2. The monoisotopic (exact) mass is 342 g/mol. The predicted molar refractivity (Wildman–Crippen MR) is 92.3 cm³/mol. The van der Waals surface area contributed by atoms with Gasteiger partial charge in [0.1, 0.15) is 23.2 Å². The minimum Gasteiger partial charge on any atom is -0.494 e.